The van der Waals surface area contributed by atoms with Gasteiger partial charge in [-0.25, -0.2) is 4.79 Å². The molecule has 1 fully saturated rings. The van der Waals surface area contributed by atoms with Crippen molar-refractivity contribution in [2.24, 2.45) is 0 Å². The average Bonchev–Trinajstić information content (AvgIpc) is 2.97. The van der Waals surface area contributed by atoms with Crippen LogP contribution >= 0.6 is 0 Å². The molecule has 1 unspecified atom stereocenters. The predicted octanol–water partition coefficient (Wildman–Crippen LogP) is 1.37. The summed E-state index contributed by atoms with van der Waals surface area (Å²) in [5.41, 5.74) is -0.441. The molecule has 2 aliphatic rings. The van der Waals surface area contributed by atoms with Gasteiger partial charge in [-0.2, -0.15) is 0 Å². The smallest absolute Gasteiger partial charge is 0.319 e. The van der Waals surface area contributed by atoms with Crippen LogP contribution in [0.3, 0.4) is 0 Å². The van der Waals surface area contributed by atoms with Gasteiger partial charge in [0.15, 0.2) is 5.82 Å². The maximum Gasteiger partial charge on any atom is 0.325 e. The Bertz CT molecular complexity index is 818. The van der Waals surface area contributed by atoms with Crippen molar-refractivity contribution in [2.75, 3.05) is 0 Å². The average molecular weight is 340 g/mol. The van der Waals surface area contributed by atoms with Crippen LogP contribution in [-0.2, 0) is 29.8 Å². The van der Waals surface area contributed by atoms with E-state index in [2.05, 4.69) is 20.5 Å². The van der Waals surface area contributed by atoms with Crippen LogP contribution in [0.15, 0.2) is 24.5 Å². The molecule has 8 nitrogen and oxygen atoms in total. The van der Waals surface area contributed by atoms with Gasteiger partial charge in [-0.1, -0.05) is 12.5 Å². The van der Waals surface area contributed by atoms with Crippen molar-refractivity contribution in [3.63, 3.8) is 0 Å². The SMILES string of the molecule is CC1(c2cccnc2)NC(=O)N(Cc2nnc3n2CCCCC3)C1=O. The molecule has 2 aromatic rings. The summed E-state index contributed by atoms with van der Waals surface area (Å²) < 4.78 is 2.05. The zero-order valence-corrected chi connectivity index (χ0v) is 14.1. The van der Waals surface area contributed by atoms with Crippen LogP contribution in [0, 0.1) is 0 Å². The first-order chi connectivity index (χ1) is 12.1. The highest BCUT2D eigenvalue weighted by Crippen LogP contribution is 2.29. The molecule has 0 aliphatic carbocycles. The topological polar surface area (TPSA) is 93.0 Å². The van der Waals surface area contributed by atoms with Gasteiger partial charge < -0.3 is 9.88 Å². The Labute approximate surface area is 145 Å². The lowest BCUT2D eigenvalue weighted by Gasteiger charge is -2.21. The van der Waals surface area contributed by atoms with Gasteiger partial charge in [0.25, 0.3) is 5.91 Å². The zero-order chi connectivity index (χ0) is 17.4. The van der Waals surface area contributed by atoms with E-state index in [9.17, 15) is 9.59 Å². The Kier molecular flexibility index (Phi) is 3.74. The van der Waals surface area contributed by atoms with Gasteiger partial charge in [0.1, 0.15) is 11.4 Å². The number of pyridine rings is 1. The fourth-order valence-corrected chi connectivity index (χ4v) is 3.50. The van der Waals surface area contributed by atoms with Crippen LogP contribution in [0.5, 0.6) is 0 Å². The maximum atomic E-state index is 13.0. The summed E-state index contributed by atoms with van der Waals surface area (Å²) in [5.74, 6) is 1.31. The summed E-state index contributed by atoms with van der Waals surface area (Å²) in [6, 6.07) is 3.13. The molecule has 1 atom stereocenters. The van der Waals surface area contributed by atoms with Crippen LogP contribution in [0.25, 0.3) is 0 Å². The number of aromatic nitrogens is 4. The Morgan fingerprint density at radius 2 is 2.12 bits per heavy atom. The van der Waals surface area contributed by atoms with Crippen LogP contribution < -0.4 is 5.32 Å². The van der Waals surface area contributed by atoms with Gasteiger partial charge in [-0.05, 0) is 25.8 Å². The van der Waals surface area contributed by atoms with E-state index in [1.807, 2.05) is 4.57 Å². The van der Waals surface area contributed by atoms with Crippen LogP contribution in [0.1, 0.15) is 43.4 Å². The highest BCUT2D eigenvalue weighted by molar-refractivity contribution is 6.07. The number of carbonyl (C=O) groups excluding carboxylic acids is 2. The highest BCUT2D eigenvalue weighted by atomic mass is 16.2. The van der Waals surface area contributed by atoms with E-state index in [0.717, 1.165) is 38.1 Å². The van der Waals surface area contributed by atoms with E-state index in [-0.39, 0.29) is 12.5 Å². The third kappa shape index (κ3) is 2.57. The Morgan fingerprint density at radius 1 is 1.24 bits per heavy atom. The van der Waals surface area contributed by atoms with Crippen LogP contribution in [-0.4, -0.2) is 36.6 Å². The van der Waals surface area contributed by atoms with E-state index >= 15 is 0 Å². The van der Waals surface area contributed by atoms with Gasteiger partial charge in [-0.3, -0.25) is 14.7 Å². The lowest BCUT2D eigenvalue weighted by atomic mass is 9.93. The Morgan fingerprint density at radius 3 is 2.92 bits per heavy atom. The van der Waals surface area contributed by atoms with Crippen molar-refractivity contribution < 1.29 is 9.59 Å². The number of amides is 3. The molecule has 3 amide bonds. The number of nitrogens with zero attached hydrogens (tertiary/aromatic N) is 5. The molecule has 0 spiro atoms. The molecule has 1 saturated heterocycles. The molecular weight excluding hydrogens is 320 g/mol. The maximum absolute atomic E-state index is 13.0. The minimum absolute atomic E-state index is 0.132. The standard InChI is InChI=1S/C17H20N6O2/c1-17(12-6-5-8-18-10-12)15(24)23(16(25)19-17)11-14-21-20-13-7-3-2-4-9-22(13)14/h5-6,8,10H,2-4,7,9,11H2,1H3,(H,19,25). The van der Waals surface area contributed by atoms with Crippen molar-refractivity contribution >= 4 is 11.9 Å². The molecule has 130 valence electrons. The number of fused-ring (bicyclic) bond motifs is 1. The summed E-state index contributed by atoms with van der Waals surface area (Å²) in [6.07, 6.45) is 7.44. The van der Waals surface area contributed by atoms with Gasteiger partial charge in [0.2, 0.25) is 0 Å². The number of hydrogen-bond acceptors (Lipinski definition) is 5. The molecule has 0 saturated carbocycles. The quantitative estimate of drug-likeness (QED) is 0.852. The molecule has 0 aromatic carbocycles. The van der Waals surface area contributed by atoms with Crippen molar-refractivity contribution in [3.05, 3.63) is 41.7 Å². The lowest BCUT2D eigenvalue weighted by Crippen LogP contribution is -2.41. The van der Waals surface area contributed by atoms with E-state index in [4.69, 9.17) is 0 Å². The monoisotopic (exact) mass is 340 g/mol. The largest absolute Gasteiger partial charge is 0.325 e. The minimum atomic E-state index is -1.10. The number of imide groups is 1. The van der Waals surface area contributed by atoms with Crippen LogP contribution in [0.4, 0.5) is 4.79 Å². The molecule has 0 bridgehead atoms. The number of nitrogens with one attached hydrogen (secondary N) is 1. The molecular formula is C17H20N6O2. The summed E-state index contributed by atoms with van der Waals surface area (Å²) in [5, 5.41) is 11.2. The van der Waals surface area contributed by atoms with Crippen molar-refractivity contribution in [3.8, 4) is 0 Å². The molecule has 4 heterocycles. The first-order valence-corrected chi connectivity index (χ1v) is 8.55. The van der Waals surface area contributed by atoms with E-state index < -0.39 is 11.6 Å². The zero-order valence-electron chi connectivity index (χ0n) is 14.1. The Balaban J connectivity index is 1.61. The second kappa shape index (κ2) is 5.94. The Hall–Kier alpha value is -2.77. The van der Waals surface area contributed by atoms with Crippen molar-refractivity contribution in [1.82, 2.24) is 30.0 Å². The second-order valence-electron chi connectivity index (χ2n) is 6.68. The van der Waals surface area contributed by atoms with Gasteiger partial charge in [0.05, 0.1) is 6.54 Å². The molecule has 2 aromatic heterocycles. The molecule has 8 heteroatoms. The number of aryl methyl sites for hydroxylation is 1. The minimum Gasteiger partial charge on any atom is -0.319 e. The van der Waals surface area contributed by atoms with Gasteiger partial charge in [-0.15, -0.1) is 10.2 Å². The fourth-order valence-electron chi connectivity index (χ4n) is 3.50. The normalized spacial score (nSPS) is 23.3. The summed E-state index contributed by atoms with van der Waals surface area (Å²) in [7, 11) is 0. The summed E-state index contributed by atoms with van der Waals surface area (Å²) in [6.45, 7) is 2.67. The number of carbonyl (C=O) groups is 2. The molecule has 4 rings (SSSR count). The first-order valence-electron chi connectivity index (χ1n) is 8.55. The molecule has 0 radical (unpaired) electrons. The summed E-state index contributed by atoms with van der Waals surface area (Å²) >= 11 is 0. The van der Waals surface area contributed by atoms with Crippen molar-refractivity contribution in [2.45, 2.75) is 51.2 Å². The summed E-state index contributed by atoms with van der Waals surface area (Å²) in [4.78, 5) is 30.7. The first kappa shape index (κ1) is 15.7. The number of urea groups is 1. The molecule has 1 N–H and O–H groups in total. The van der Waals surface area contributed by atoms with Gasteiger partial charge in [0, 0.05) is 30.9 Å². The third-order valence-corrected chi connectivity index (χ3v) is 5.00. The third-order valence-electron chi connectivity index (χ3n) is 5.00. The fraction of sp³-hybridized carbons (Fsp3) is 0.471. The van der Waals surface area contributed by atoms with E-state index in [0.29, 0.717) is 11.4 Å². The number of hydrogen-bond donors (Lipinski definition) is 1. The number of rotatable bonds is 3. The molecule has 2 aliphatic heterocycles. The second-order valence-corrected chi connectivity index (χ2v) is 6.68. The lowest BCUT2D eigenvalue weighted by molar-refractivity contribution is -0.131. The van der Waals surface area contributed by atoms with E-state index in [1.54, 1.807) is 31.5 Å². The van der Waals surface area contributed by atoms with Gasteiger partial charge >= 0.3 is 6.03 Å². The van der Waals surface area contributed by atoms with Crippen molar-refractivity contribution in [1.29, 1.82) is 0 Å². The highest BCUT2D eigenvalue weighted by Gasteiger charge is 2.49. The molecule has 25 heavy (non-hydrogen) atoms. The predicted molar refractivity (Wildman–Crippen MR) is 88.2 cm³/mol. The van der Waals surface area contributed by atoms with Crippen LogP contribution in [0.2, 0.25) is 0 Å². The van der Waals surface area contributed by atoms with E-state index in [1.165, 1.54) is 4.90 Å².